The number of hydrogen-bond donors (Lipinski definition) is 0. The molecule has 21 heavy (non-hydrogen) atoms. The maximum atomic E-state index is 12.8. The Kier molecular flexibility index (Phi) is 2.55. The molecule has 3 aliphatic rings. The summed E-state index contributed by atoms with van der Waals surface area (Å²) in [5.74, 6) is -1.10. The van der Waals surface area contributed by atoms with Gasteiger partial charge in [0.25, 0.3) is 0 Å². The highest BCUT2D eigenvalue weighted by Gasteiger charge is 2.66. The van der Waals surface area contributed by atoms with Crippen molar-refractivity contribution in [2.24, 2.45) is 11.8 Å². The number of carbonyl (C=O) groups excluding carboxylic acids is 2. The Morgan fingerprint density at radius 2 is 2.05 bits per heavy atom. The number of anilines is 1. The van der Waals surface area contributed by atoms with Crippen molar-refractivity contribution in [2.45, 2.75) is 25.6 Å². The largest absolute Gasteiger partial charge is 0.362 e. The fourth-order valence-electron chi connectivity index (χ4n) is 3.63. The molecule has 0 aliphatic carbocycles. The molecular formula is C16H14BrNO3. The predicted octanol–water partition coefficient (Wildman–Crippen LogP) is 2.59. The van der Waals surface area contributed by atoms with Gasteiger partial charge in [0.15, 0.2) is 0 Å². The minimum atomic E-state index is -0.640. The van der Waals surface area contributed by atoms with Gasteiger partial charge >= 0.3 is 0 Å². The number of fused-ring (bicyclic) bond motifs is 5. The van der Waals surface area contributed by atoms with Gasteiger partial charge < -0.3 is 4.74 Å². The summed E-state index contributed by atoms with van der Waals surface area (Å²) in [6.45, 7) is 3.85. The fraction of sp³-hybridized carbons (Fsp3) is 0.375. The van der Waals surface area contributed by atoms with Crippen LogP contribution in [0.25, 0.3) is 0 Å². The van der Waals surface area contributed by atoms with Crippen molar-refractivity contribution in [1.82, 2.24) is 0 Å². The average molecular weight is 348 g/mol. The van der Waals surface area contributed by atoms with Crippen LogP contribution >= 0.6 is 15.9 Å². The van der Waals surface area contributed by atoms with Gasteiger partial charge in [-0.2, -0.15) is 0 Å². The van der Waals surface area contributed by atoms with Crippen molar-refractivity contribution < 1.29 is 14.3 Å². The molecule has 0 spiro atoms. The van der Waals surface area contributed by atoms with Gasteiger partial charge in [0.2, 0.25) is 11.8 Å². The summed E-state index contributed by atoms with van der Waals surface area (Å²) in [6.07, 6.45) is 3.55. The summed E-state index contributed by atoms with van der Waals surface area (Å²) >= 11 is 3.45. The summed E-state index contributed by atoms with van der Waals surface area (Å²) in [5, 5.41) is 0. The second-order valence-electron chi connectivity index (χ2n) is 6.07. The smallest absolute Gasteiger partial charge is 0.241 e. The molecule has 0 radical (unpaired) electrons. The third-order valence-electron chi connectivity index (χ3n) is 4.74. The average Bonchev–Trinajstić information content (AvgIpc) is 3.03. The molecule has 3 heterocycles. The molecule has 0 unspecified atom stereocenters. The van der Waals surface area contributed by atoms with Crippen LogP contribution in [0.1, 0.15) is 12.5 Å². The third-order valence-corrected chi connectivity index (χ3v) is 5.60. The molecule has 108 valence electrons. The number of nitrogens with zero attached hydrogens (tertiary/aromatic N) is 1. The Morgan fingerprint density at radius 3 is 2.71 bits per heavy atom. The van der Waals surface area contributed by atoms with E-state index in [1.54, 1.807) is 0 Å². The summed E-state index contributed by atoms with van der Waals surface area (Å²) in [5.41, 5.74) is 1.05. The Bertz CT molecular complexity index is 713. The van der Waals surface area contributed by atoms with Crippen LogP contribution in [0.2, 0.25) is 0 Å². The molecule has 2 saturated heterocycles. The minimum absolute atomic E-state index is 0.154. The van der Waals surface area contributed by atoms with E-state index < -0.39 is 11.5 Å². The van der Waals surface area contributed by atoms with Crippen molar-refractivity contribution >= 4 is 33.4 Å². The van der Waals surface area contributed by atoms with Gasteiger partial charge in [0.05, 0.1) is 29.2 Å². The highest BCUT2D eigenvalue weighted by atomic mass is 79.9. The standard InChI is InChI=1S/C16H14BrNO3/c1-8-3-4-9(7-10(8)17)18-14(19)12-11-5-6-16(2,21-11)13(12)15(18)20/h3-7,11-13H,1-2H3/t11-,12+,13-,16-/m0/s1. The van der Waals surface area contributed by atoms with Gasteiger partial charge in [-0.05, 0) is 31.5 Å². The van der Waals surface area contributed by atoms with Gasteiger partial charge in [-0.3, -0.25) is 9.59 Å². The van der Waals surface area contributed by atoms with E-state index >= 15 is 0 Å². The zero-order valence-electron chi connectivity index (χ0n) is 11.7. The topological polar surface area (TPSA) is 46.6 Å². The molecule has 1 aromatic rings. The quantitative estimate of drug-likeness (QED) is 0.579. The molecule has 0 N–H and O–H groups in total. The van der Waals surface area contributed by atoms with E-state index in [4.69, 9.17) is 4.74 Å². The molecule has 0 aromatic heterocycles. The van der Waals surface area contributed by atoms with Crippen LogP contribution < -0.4 is 4.90 Å². The second-order valence-corrected chi connectivity index (χ2v) is 6.93. The van der Waals surface area contributed by atoms with Crippen LogP contribution in [0, 0.1) is 18.8 Å². The van der Waals surface area contributed by atoms with Crippen molar-refractivity contribution in [2.75, 3.05) is 4.90 Å². The van der Waals surface area contributed by atoms with Gasteiger partial charge in [-0.1, -0.05) is 34.1 Å². The zero-order chi connectivity index (χ0) is 14.9. The monoisotopic (exact) mass is 347 g/mol. The molecular weight excluding hydrogens is 334 g/mol. The highest BCUT2D eigenvalue weighted by Crippen LogP contribution is 2.52. The lowest BCUT2D eigenvalue weighted by Gasteiger charge is -2.24. The van der Waals surface area contributed by atoms with Crippen molar-refractivity contribution in [3.63, 3.8) is 0 Å². The van der Waals surface area contributed by atoms with Crippen LogP contribution in [0.15, 0.2) is 34.8 Å². The van der Waals surface area contributed by atoms with Gasteiger partial charge in [0, 0.05) is 4.47 Å². The van der Waals surface area contributed by atoms with Crippen molar-refractivity contribution in [3.8, 4) is 0 Å². The summed E-state index contributed by atoms with van der Waals surface area (Å²) in [4.78, 5) is 26.8. The predicted molar refractivity (Wildman–Crippen MR) is 80.8 cm³/mol. The first-order valence-corrected chi connectivity index (χ1v) is 7.73. The molecule has 2 amide bonds. The maximum absolute atomic E-state index is 12.8. The number of imide groups is 1. The Hall–Kier alpha value is -1.46. The first-order valence-electron chi connectivity index (χ1n) is 6.93. The summed E-state index contributed by atoms with van der Waals surface area (Å²) in [7, 11) is 0. The highest BCUT2D eigenvalue weighted by molar-refractivity contribution is 9.10. The van der Waals surface area contributed by atoms with Crippen molar-refractivity contribution in [1.29, 1.82) is 0 Å². The van der Waals surface area contributed by atoms with Gasteiger partial charge in [0.1, 0.15) is 0 Å². The lowest BCUT2D eigenvalue weighted by molar-refractivity contribution is -0.126. The summed E-state index contributed by atoms with van der Waals surface area (Å²) < 4.78 is 6.70. The Balaban J connectivity index is 1.78. The van der Waals surface area contributed by atoms with Crippen LogP contribution in [0.4, 0.5) is 5.69 Å². The molecule has 4 atom stereocenters. The van der Waals surface area contributed by atoms with E-state index in [1.165, 1.54) is 4.90 Å². The van der Waals surface area contributed by atoms with Crippen LogP contribution in [-0.4, -0.2) is 23.5 Å². The zero-order valence-corrected chi connectivity index (χ0v) is 13.3. The molecule has 3 aliphatic heterocycles. The van der Waals surface area contributed by atoms with Crippen LogP contribution in [-0.2, 0) is 14.3 Å². The Labute approximate surface area is 130 Å². The first-order chi connectivity index (χ1) is 9.92. The Morgan fingerprint density at radius 1 is 1.29 bits per heavy atom. The van der Waals surface area contributed by atoms with E-state index in [9.17, 15) is 9.59 Å². The number of amides is 2. The fourth-order valence-corrected chi connectivity index (χ4v) is 3.99. The lowest BCUT2D eigenvalue weighted by atomic mass is 9.78. The normalized spacial score (nSPS) is 36.7. The molecule has 5 heteroatoms. The molecule has 2 fully saturated rings. The van der Waals surface area contributed by atoms with E-state index in [2.05, 4.69) is 15.9 Å². The number of hydrogen-bond acceptors (Lipinski definition) is 3. The number of carbonyl (C=O) groups is 2. The SMILES string of the molecule is Cc1ccc(N2C(=O)[C@@H]3[C@@H]4C=C[C@](C)(O4)[C@@H]3C2=O)cc1Br. The van der Waals surface area contributed by atoms with E-state index in [0.717, 1.165) is 10.0 Å². The summed E-state index contributed by atoms with van der Waals surface area (Å²) in [6, 6.07) is 5.54. The van der Waals surface area contributed by atoms with Gasteiger partial charge in [-0.15, -0.1) is 0 Å². The molecule has 0 saturated carbocycles. The van der Waals surface area contributed by atoms with Gasteiger partial charge in [-0.25, -0.2) is 4.90 Å². The third kappa shape index (κ3) is 1.59. The van der Waals surface area contributed by atoms with E-state index in [1.807, 2.05) is 44.2 Å². The number of halogens is 1. The van der Waals surface area contributed by atoms with Crippen LogP contribution in [0.3, 0.4) is 0 Å². The molecule has 1 aromatic carbocycles. The van der Waals surface area contributed by atoms with Crippen molar-refractivity contribution in [3.05, 3.63) is 40.4 Å². The van der Waals surface area contributed by atoms with E-state index in [0.29, 0.717) is 5.69 Å². The molecule has 2 bridgehead atoms. The lowest BCUT2D eigenvalue weighted by Crippen LogP contribution is -2.38. The number of ether oxygens (including phenoxy) is 1. The number of aryl methyl sites for hydroxylation is 1. The number of benzene rings is 1. The minimum Gasteiger partial charge on any atom is -0.362 e. The van der Waals surface area contributed by atoms with E-state index in [-0.39, 0.29) is 23.8 Å². The van der Waals surface area contributed by atoms with Crippen LogP contribution in [0.5, 0.6) is 0 Å². The second kappa shape index (κ2) is 4.05. The first kappa shape index (κ1) is 13.2. The maximum Gasteiger partial charge on any atom is 0.241 e. The molecule has 4 nitrogen and oxygen atoms in total. The molecule has 4 rings (SSSR count). The number of rotatable bonds is 1.